The summed E-state index contributed by atoms with van der Waals surface area (Å²) in [5.41, 5.74) is 1.92. The van der Waals surface area contributed by atoms with Gasteiger partial charge in [0, 0.05) is 35.5 Å². The molecule has 4 nitrogen and oxygen atoms in total. The van der Waals surface area contributed by atoms with E-state index in [0.29, 0.717) is 18.4 Å². The predicted molar refractivity (Wildman–Crippen MR) is 126 cm³/mol. The Kier molecular flexibility index (Phi) is 4.96. The third kappa shape index (κ3) is 2.65. The van der Waals surface area contributed by atoms with E-state index >= 15 is 0 Å². The Morgan fingerprint density at radius 3 is 2.44 bits per heavy atom. The number of aromatic nitrogens is 1. The number of ketones is 1. The number of amides is 1. The minimum Gasteiger partial charge on any atom is -0.305 e. The molecule has 0 unspecified atom stereocenters. The summed E-state index contributed by atoms with van der Waals surface area (Å²) in [7, 11) is 0. The van der Waals surface area contributed by atoms with Crippen LogP contribution in [0.4, 0.5) is 5.69 Å². The molecular formula is C28H28N2O2. The molecule has 5 rings (SSSR count). The van der Waals surface area contributed by atoms with Gasteiger partial charge in [-0.2, -0.15) is 0 Å². The van der Waals surface area contributed by atoms with Crippen LogP contribution in [0, 0.1) is 0 Å². The highest BCUT2D eigenvalue weighted by molar-refractivity contribution is 6.13. The topological polar surface area (TPSA) is 50.3 Å². The summed E-state index contributed by atoms with van der Waals surface area (Å²) in [6, 6.07) is 23.4. The number of anilines is 1. The van der Waals surface area contributed by atoms with Crippen LogP contribution in [0.3, 0.4) is 0 Å². The largest absolute Gasteiger partial charge is 0.305 e. The SMILES string of the molecule is CCCCC(=O)N1c2ccccc2[C@]2(C(=O)c3ccccc3)[C@@H](c3ccccn3)C[C@]12C. The van der Waals surface area contributed by atoms with Gasteiger partial charge in [-0.1, -0.05) is 67.9 Å². The summed E-state index contributed by atoms with van der Waals surface area (Å²) in [6.45, 7) is 4.19. The number of fused-ring (bicyclic) bond motifs is 3. The average Bonchev–Trinajstić information content (AvgIpc) is 3.00. The van der Waals surface area contributed by atoms with E-state index in [2.05, 4.69) is 18.8 Å². The molecule has 2 heterocycles. The molecule has 0 bridgehead atoms. The van der Waals surface area contributed by atoms with E-state index in [1.54, 1.807) is 6.20 Å². The first-order chi connectivity index (χ1) is 15.6. The Morgan fingerprint density at radius 1 is 1.00 bits per heavy atom. The molecule has 4 heteroatoms. The van der Waals surface area contributed by atoms with Gasteiger partial charge in [-0.05, 0) is 43.5 Å². The van der Waals surface area contributed by atoms with E-state index in [0.717, 1.165) is 29.8 Å². The maximum Gasteiger partial charge on any atom is 0.227 e. The molecule has 1 amide bonds. The van der Waals surface area contributed by atoms with E-state index in [9.17, 15) is 9.59 Å². The van der Waals surface area contributed by atoms with Crippen molar-refractivity contribution in [2.24, 2.45) is 0 Å². The third-order valence-electron chi connectivity index (χ3n) is 7.47. The molecule has 1 aliphatic heterocycles. The van der Waals surface area contributed by atoms with Crippen LogP contribution in [0.25, 0.3) is 0 Å². The van der Waals surface area contributed by atoms with Crippen molar-refractivity contribution in [3.05, 3.63) is 95.8 Å². The van der Waals surface area contributed by atoms with Crippen LogP contribution in [0.5, 0.6) is 0 Å². The number of carbonyl (C=O) groups excluding carboxylic acids is 2. The molecule has 3 aromatic rings. The first-order valence-electron chi connectivity index (χ1n) is 11.5. The van der Waals surface area contributed by atoms with Crippen molar-refractivity contribution >= 4 is 17.4 Å². The van der Waals surface area contributed by atoms with Gasteiger partial charge < -0.3 is 4.90 Å². The molecular weight excluding hydrogens is 396 g/mol. The van der Waals surface area contributed by atoms with Gasteiger partial charge in [-0.25, -0.2) is 0 Å². The highest BCUT2D eigenvalue weighted by Gasteiger charge is 2.75. The molecule has 0 spiro atoms. The Labute approximate surface area is 189 Å². The average molecular weight is 425 g/mol. The summed E-state index contributed by atoms with van der Waals surface area (Å²) < 4.78 is 0. The zero-order valence-corrected chi connectivity index (χ0v) is 18.6. The summed E-state index contributed by atoms with van der Waals surface area (Å²) in [5.74, 6) is 0.0799. The second-order valence-corrected chi connectivity index (χ2v) is 9.14. The number of unbranched alkanes of at least 4 members (excludes halogenated alkanes) is 1. The van der Waals surface area contributed by atoms with Crippen LogP contribution in [0.2, 0.25) is 0 Å². The van der Waals surface area contributed by atoms with Crippen molar-refractivity contribution in [1.29, 1.82) is 0 Å². The molecule has 162 valence electrons. The molecule has 0 saturated heterocycles. The Bertz CT molecular complexity index is 1160. The molecule has 1 aromatic heterocycles. The fourth-order valence-electron chi connectivity index (χ4n) is 6.07. The standard InChI is InChI=1S/C28H28N2O2/c1-3-4-17-25(31)30-24-16-9-8-14-21(24)28(26(32)20-12-6-5-7-13-20)22(19-27(28,30)2)23-15-10-11-18-29-23/h5-16,18,22H,3-4,17,19H2,1-2H3/t22-,27+,28-/m1/s1. The first kappa shape index (κ1) is 20.6. The van der Waals surface area contributed by atoms with E-state index < -0.39 is 11.0 Å². The quantitative estimate of drug-likeness (QED) is 0.478. The summed E-state index contributed by atoms with van der Waals surface area (Å²) in [5, 5.41) is 0. The fraction of sp³-hybridized carbons (Fsp3) is 0.321. The van der Waals surface area contributed by atoms with Gasteiger partial charge in [0.25, 0.3) is 0 Å². The fourth-order valence-corrected chi connectivity index (χ4v) is 6.07. The monoisotopic (exact) mass is 424 g/mol. The van der Waals surface area contributed by atoms with Crippen LogP contribution in [0.15, 0.2) is 79.0 Å². The van der Waals surface area contributed by atoms with Gasteiger partial charge in [0.1, 0.15) is 0 Å². The molecule has 0 radical (unpaired) electrons. The van der Waals surface area contributed by atoms with Crippen LogP contribution >= 0.6 is 0 Å². The maximum absolute atomic E-state index is 14.4. The number of carbonyl (C=O) groups is 2. The second kappa shape index (κ2) is 7.70. The van der Waals surface area contributed by atoms with Gasteiger partial charge in [-0.3, -0.25) is 14.6 Å². The van der Waals surface area contributed by atoms with Crippen molar-refractivity contribution in [2.45, 2.75) is 56.4 Å². The molecule has 1 aliphatic carbocycles. The Hall–Kier alpha value is -3.27. The number of nitrogens with zero attached hydrogens (tertiary/aromatic N) is 2. The van der Waals surface area contributed by atoms with Gasteiger partial charge in [0.05, 0.1) is 11.0 Å². The van der Waals surface area contributed by atoms with E-state index in [1.165, 1.54) is 0 Å². The van der Waals surface area contributed by atoms with Crippen molar-refractivity contribution in [3.8, 4) is 0 Å². The number of hydrogen-bond donors (Lipinski definition) is 0. The Morgan fingerprint density at radius 2 is 1.72 bits per heavy atom. The zero-order valence-electron chi connectivity index (χ0n) is 18.6. The smallest absolute Gasteiger partial charge is 0.227 e. The lowest BCUT2D eigenvalue weighted by molar-refractivity contribution is -0.121. The minimum absolute atomic E-state index is 0.0701. The lowest BCUT2D eigenvalue weighted by Gasteiger charge is -2.60. The van der Waals surface area contributed by atoms with E-state index in [1.807, 2.05) is 77.7 Å². The molecule has 2 aromatic carbocycles. The van der Waals surface area contributed by atoms with Gasteiger partial charge >= 0.3 is 0 Å². The normalized spacial score (nSPS) is 25.6. The highest BCUT2D eigenvalue weighted by atomic mass is 16.2. The van der Waals surface area contributed by atoms with Gasteiger partial charge in [0.15, 0.2) is 5.78 Å². The van der Waals surface area contributed by atoms with Crippen LogP contribution in [-0.2, 0) is 10.2 Å². The van der Waals surface area contributed by atoms with Crippen LogP contribution in [-0.4, -0.2) is 22.2 Å². The van der Waals surface area contributed by atoms with Crippen molar-refractivity contribution < 1.29 is 9.59 Å². The lowest BCUT2D eigenvalue weighted by Crippen LogP contribution is -2.72. The number of hydrogen-bond acceptors (Lipinski definition) is 3. The zero-order chi connectivity index (χ0) is 22.3. The molecule has 3 atom stereocenters. The number of para-hydroxylation sites is 1. The van der Waals surface area contributed by atoms with E-state index in [4.69, 9.17) is 0 Å². The molecule has 0 N–H and O–H groups in total. The summed E-state index contributed by atoms with van der Waals surface area (Å²) in [4.78, 5) is 34.5. The highest BCUT2D eigenvalue weighted by Crippen LogP contribution is 2.70. The lowest BCUT2D eigenvalue weighted by atomic mass is 9.44. The third-order valence-corrected chi connectivity index (χ3v) is 7.47. The number of rotatable bonds is 6. The number of Topliss-reactive ketones (excluding diaryl/α,β-unsaturated/α-hetero) is 1. The second-order valence-electron chi connectivity index (χ2n) is 9.14. The maximum atomic E-state index is 14.4. The van der Waals surface area contributed by atoms with Crippen LogP contribution in [0.1, 0.15) is 67.1 Å². The predicted octanol–water partition coefficient (Wildman–Crippen LogP) is 5.69. The molecule has 2 aliphatic rings. The van der Waals surface area contributed by atoms with E-state index in [-0.39, 0.29) is 17.6 Å². The van der Waals surface area contributed by atoms with Crippen molar-refractivity contribution in [2.75, 3.05) is 4.90 Å². The Balaban J connectivity index is 1.74. The molecule has 1 fully saturated rings. The van der Waals surface area contributed by atoms with Gasteiger partial charge in [0.2, 0.25) is 5.91 Å². The molecule has 1 saturated carbocycles. The number of benzene rings is 2. The van der Waals surface area contributed by atoms with Crippen LogP contribution < -0.4 is 4.90 Å². The summed E-state index contributed by atoms with van der Waals surface area (Å²) >= 11 is 0. The summed E-state index contributed by atoms with van der Waals surface area (Å²) in [6.07, 6.45) is 4.79. The van der Waals surface area contributed by atoms with Crippen molar-refractivity contribution in [3.63, 3.8) is 0 Å². The van der Waals surface area contributed by atoms with Crippen molar-refractivity contribution in [1.82, 2.24) is 4.98 Å². The van der Waals surface area contributed by atoms with Gasteiger partial charge in [-0.15, -0.1) is 0 Å². The first-order valence-corrected chi connectivity index (χ1v) is 11.5. The minimum atomic E-state index is -0.860. The number of pyridine rings is 1. The molecule has 32 heavy (non-hydrogen) atoms.